The topological polar surface area (TPSA) is 55.7 Å². The first-order valence-corrected chi connectivity index (χ1v) is 10.2. The molecule has 1 aliphatic heterocycles. The summed E-state index contributed by atoms with van der Waals surface area (Å²) < 4.78 is 32.4. The Morgan fingerprint density at radius 1 is 1.21 bits per heavy atom. The molecule has 29 heavy (non-hydrogen) atoms. The number of hydrogen-bond donors (Lipinski definition) is 0. The fourth-order valence-corrected chi connectivity index (χ4v) is 5.11. The van der Waals surface area contributed by atoms with Crippen LogP contribution in [0.3, 0.4) is 0 Å². The van der Waals surface area contributed by atoms with Crippen molar-refractivity contribution < 1.29 is 23.1 Å². The maximum atomic E-state index is 14.0. The van der Waals surface area contributed by atoms with Gasteiger partial charge in [0.05, 0.1) is 7.11 Å². The highest BCUT2D eigenvalue weighted by Crippen LogP contribution is 2.47. The molecule has 3 atom stereocenters. The highest BCUT2D eigenvalue weighted by Gasteiger charge is 2.44. The molecule has 150 valence electrons. The number of hydrogen-bond acceptors (Lipinski definition) is 5. The lowest BCUT2D eigenvalue weighted by molar-refractivity contribution is -0.143. The quantitative estimate of drug-likeness (QED) is 0.679. The van der Waals surface area contributed by atoms with Crippen LogP contribution in [-0.4, -0.2) is 24.6 Å². The smallest absolute Gasteiger partial charge is 0.315 e. The molecule has 0 N–H and O–H groups in total. The van der Waals surface area contributed by atoms with E-state index in [1.54, 1.807) is 18.3 Å². The first-order valence-electron chi connectivity index (χ1n) is 9.28. The first kappa shape index (κ1) is 19.6. The summed E-state index contributed by atoms with van der Waals surface area (Å²) in [4.78, 5) is 31.4. The first-order chi connectivity index (χ1) is 13.9. The lowest BCUT2D eigenvalue weighted by Gasteiger charge is -2.36. The maximum absolute atomic E-state index is 14.0. The van der Waals surface area contributed by atoms with E-state index < -0.39 is 29.4 Å². The molecular formula is C22H19F2NO3S. The number of methoxy groups -OCH3 is 1. The Kier molecular flexibility index (Phi) is 5.17. The normalized spacial score (nSPS) is 24.2. The number of nitrogens with zero attached hydrogens (tertiary/aromatic N) is 1. The molecule has 7 heteroatoms. The Hall–Kier alpha value is -2.67. The van der Waals surface area contributed by atoms with Gasteiger partial charge in [0.15, 0.2) is 17.4 Å². The predicted octanol–water partition coefficient (Wildman–Crippen LogP) is 4.77. The molecule has 1 aromatic heterocycles. The van der Waals surface area contributed by atoms with Crippen LogP contribution in [0.25, 0.3) is 0 Å². The van der Waals surface area contributed by atoms with Crippen molar-refractivity contribution in [2.24, 2.45) is 10.9 Å². The lowest BCUT2D eigenvalue weighted by atomic mass is 9.70. The summed E-state index contributed by atoms with van der Waals surface area (Å²) in [6.45, 7) is 1.71. The molecule has 0 fully saturated rings. The van der Waals surface area contributed by atoms with Crippen LogP contribution in [0, 0.1) is 17.6 Å². The predicted molar refractivity (Wildman–Crippen MR) is 106 cm³/mol. The number of ether oxygens (including phenoxy) is 1. The standard InChI is InChI=1S/C22H19F2NO3S/c1-11-19(22(27)28-2)20(12-5-6-14(23)15(24)8-12)21-16(25-11)9-13(10-17(21)26)18-4-3-7-29-18/h3-8,13,19-20H,9-10H2,1-2H3/t13-,19?,20-/m1/s1. The largest absolute Gasteiger partial charge is 0.468 e. The number of carbonyl (C=O) groups is 2. The van der Waals surface area contributed by atoms with Crippen LogP contribution in [-0.2, 0) is 14.3 Å². The third-order valence-corrected chi connectivity index (χ3v) is 6.63. The fourth-order valence-electron chi connectivity index (χ4n) is 4.28. The van der Waals surface area contributed by atoms with Gasteiger partial charge in [-0.15, -0.1) is 11.3 Å². The number of aliphatic imine (C=N–C) groups is 1. The van der Waals surface area contributed by atoms with Crippen molar-refractivity contribution in [3.8, 4) is 0 Å². The molecule has 2 heterocycles. The summed E-state index contributed by atoms with van der Waals surface area (Å²) in [6, 6.07) is 7.43. The monoisotopic (exact) mass is 415 g/mol. The molecule has 1 aliphatic carbocycles. The van der Waals surface area contributed by atoms with E-state index in [0.717, 1.165) is 17.0 Å². The molecule has 0 spiro atoms. The number of benzene rings is 1. The van der Waals surface area contributed by atoms with E-state index in [-0.39, 0.29) is 11.7 Å². The van der Waals surface area contributed by atoms with Crippen LogP contribution >= 0.6 is 11.3 Å². The van der Waals surface area contributed by atoms with Crippen LogP contribution in [0.15, 0.2) is 52.0 Å². The second-order valence-electron chi connectivity index (χ2n) is 7.31. The van der Waals surface area contributed by atoms with Crippen molar-refractivity contribution in [3.63, 3.8) is 0 Å². The van der Waals surface area contributed by atoms with Gasteiger partial charge in [0, 0.05) is 40.1 Å². The Labute approximate surface area is 170 Å². The van der Waals surface area contributed by atoms with Gasteiger partial charge in [0.25, 0.3) is 0 Å². The fraction of sp³-hybridized carbons (Fsp3) is 0.318. The van der Waals surface area contributed by atoms with Crippen LogP contribution in [0.1, 0.15) is 42.0 Å². The van der Waals surface area contributed by atoms with E-state index >= 15 is 0 Å². The van der Waals surface area contributed by atoms with Crippen molar-refractivity contribution in [1.29, 1.82) is 0 Å². The van der Waals surface area contributed by atoms with Crippen molar-refractivity contribution in [1.82, 2.24) is 0 Å². The van der Waals surface area contributed by atoms with Crippen molar-refractivity contribution in [2.75, 3.05) is 7.11 Å². The van der Waals surface area contributed by atoms with E-state index in [9.17, 15) is 18.4 Å². The zero-order valence-electron chi connectivity index (χ0n) is 15.9. The number of rotatable bonds is 3. The van der Waals surface area contributed by atoms with E-state index in [1.807, 2.05) is 17.5 Å². The molecule has 1 aromatic carbocycles. The number of allylic oxidation sites excluding steroid dienone is 2. The average Bonchev–Trinajstić information content (AvgIpc) is 3.23. The van der Waals surface area contributed by atoms with E-state index in [0.29, 0.717) is 35.4 Å². The Balaban J connectivity index is 1.84. The second-order valence-corrected chi connectivity index (χ2v) is 8.29. The van der Waals surface area contributed by atoms with Gasteiger partial charge in [-0.1, -0.05) is 12.1 Å². The summed E-state index contributed by atoms with van der Waals surface area (Å²) in [5.41, 5.74) is 1.89. The van der Waals surface area contributed by atoms with Gasteiger partial charge in [-0.25, -0.2) is 8.78 Å². The maximum Gasteiger partial charge on any atom is 0.315 e. The summed E-state index contributed by atoms with van der Waals surface area (Å²) in [7, 11) is 1.26. The highest BCUT2D eigenvalue weighted by atomic mass is 32.1. The molecule has 4 rings (SSSR count). The van der Waals surface area contributed by atoms with Crippen LogP contribution in [0.4, 0.5) is 8.78 Å². The summed E-state index contributed by atoms with van der Waals surface area (Å²) in [5, 5.41) is 1.97. The number of thiophene rings is 1. The van der Waals surface area contributed by atoms with Gasteiger partial charge in [0.2, 0.25) is 0 Å². The third-order valence-electron chi connectivity index (χ3n) is 5.59. The summed E-state index contributed by atoms with van der Waals surface area (Å²) in [6.07, 6.45) is 0.856. The van der Waals surface area contributed by atoms with Gasteiger partial charge in [-0.2, -0.15) is 0 Å². The Morgan fingerprint density at radius 2 is 2.00 bits per heavy atom. The van der Waals surface area contributed by atoms with Crippen LogP contribution in [0.2, 0.25) is 0 Å². The van der Waals surface area contributed by atoms with E-state index in [4.69, 9.17) is 4.74 Å². The highest BCUT2D eigenvalue weighted by molar-refractivity contribution is 7.10. The molecule has 0 saturated heterocycles. The Morgan fingerprint density at radius 3 is 2.66 bits per heavy atom. The molecule has 0 saturated carbocycles. The zero-order valence-corrected chi connectivity index (χ0v) is 16.8. The van der Waals surface area contributed by atoms with Crippen molar-refractivity contribution in [3.05, 3.63) is 69.1 Å². The van der Waals surface area contributed by atoms with Gasteiger partial charge in [0.1, 0.15) is 5.92 Å². The molecule has 1 unspecified atom stereocenters. The molecular weight excluding hydrogens is 396 g/mol. The average molecular weight is 415 g/mol. The molecule has 4 nitrogen and oxygen atoms in total. The summed E-state index contributed by atoms with van der Waals surface area (Å²) >= 11 is 1.59. The van der Waals surface area contributed by atoms with Crippen molar-refractivity contribution >= 4 is 28.8 Å². The Bertz CT molecular complexity index is 1040. The minimum absolute atomic E-state index is 0.0260. The zero-order chi connectivity index (χ0) is 20.7. The minimum atomic E-state index is -1.02. The minimum Gasteiger partial charge on any atom is -0.468 e. The molecule has 0 bridgehead atoms. The lowest BCUT2D eigenvalue weighted by Crippen LogP contribution is -2.37. The number of esters is 1. The van der Waals surface area contributed by atoms with Gasteiger partial charge >= 0.3 is 5.97 Å². The van der Waals surface area contributed by atoms with E-state index in [2.05, 4.69) is 4.99 Å². The van der Waals surface area contributed by atoms with Gasteiger partial charge in [-0.3, -0.25) is 14.6 Å². The molecule has 2 aromatic rings. The van der Waals surface area contributed by atoms with Crippen molar-refractivity contribution in [2.45, 2.75) is 31.6 Å². The SMILES string of the molecule is COC(=O)C1C(C)=NC2=C(C(=O)C[C@H](c3cccs3)C2)[C@@H]1c1ccc(F)c(F)c1. The van der Waals surface area contributed by atoms with Crippen LogP contribution < -0.4 is 0 Å². The summed E-state index contributed by atoms with van der Waals surface area (Å²) in [5.74, 6) is -4.25. The van der Waals surface area contributed by atoms with E-state index in [1.165, 1.54) is 13.2 Å². The number of ketones is 1. The number of carbonyl (C=O) groups excluding carboxylic acids is 2. The second kappa shape index (κ2) is 7.63. The number of Topliss-reactive ketones (excluding diaryl/α,β-unsaturated/α-hetero) is 1. The molecule has 2 aliphatic rings. The van der Waals surface area contributed by atoms with Crippen LogP contribution in [0.5, 0.6) is 0 Å². The van der Waals surface area contributed by atoms with Gasteiger partial charge in [-0.05, 0) is 42.5 Å². The third kappa shape index (κ3) is 3.44. The van der Waals surface area contributed by atoms with Gasteiger partial charge < -0.3 is 4.74 Å². The molecule has 0 amide bonds. The molecule has 0 radical (unpaired) electrons. The number of halogens is 2.